The zero-order chi connectivity index (χ0) is 20.5. The fourth-order valence-corrected chi connectivity index (χ4v) is 3.67. The molecule has 0 aliphatic carbocycles. The summed E-state index contributed by atoms with van der Waals surface area (Å²) in [5.41, 5.74) is 1.12. The molecule has 0 saturated heterocycles. The minimum Gasteiger partial charge on any atom is -0.424 e. The number of rotatable bonds is 17. The molecule has 0 fully saturated rings. The summed E-state index contributed by atoms with van der Waals surface area (Å²) in [7, 11) is 2.20. The van der Waals surface area contributed by atoms with Crippen LogP contribution in [0.4, 0.5) is 0 Å². The second-order valence-corrected chi connectivity index (χ2v) is 8.00. The Morgan fingerprint density at radius 2 is 1.43 bits per heavy atom. The molecule has 0 spiro atoms. The first-order chi connectivity index (χ1) is 13.7. The molecule has 0 bridgehead atoms. The molecule has 0 aliphatic rings. The molecular weight excluding hydrogens is 367 g/mol. The highest BCUT2D eigenvalue weighted by molar-refractivity contribution is 7.09. The molecule has 28 heavy (non-hydrogen) atoms. The number of hydrogen-bond acceptors (Lipinski definition) is 3. The van der Waals surface area contributed by atoms with Crippen LogP contribution in [-0.4, -0.2) is 12.1 Å². The van der Waals surface area contributed by atoms with Gasteiger partial charge in [0.1, 0.15) is 5.75 Å². The zero-order valence-corrected chi connectivity index (χ0v) is 19.2. The van der Waals surface area contributed by atoms with Crippen molar-refractivity contribution in [2.45, 2.75) is 110 Å². The SMILES string of the molecule is CCCCCCCCCCCCc1ccccc1OC(=O)C(CCCC)OP. The Morgan fingerprint density at radius 1 is 0.857 bits per heavy atom. The van der Waals surface area contributed by atoms with E-state index in [1.54, 1.807) is 0 Å². The molecule has 0 aromatic heterocycles. The summed E-state index contributed by atoms with van der Waals surface area (Å²) in [5, 5.41) is 0. The van der Waals surface area contributed by atoms with Crippen molar-refractivity contribution in [3.63, 3.8) is 0 Å². The Labute approximate surface area is 175 Å². The number of carbonyl (C=O) groups is 1. The summed E-state index contributed by atoms with van der Waals surface area (Å²) in [6.45, 7) is 4.37. The number of para-hydroxylation sites is 1. The summed E-state index contributed by atoms with van der Waals surface area (Å²) in [4.78, 5) is 12.4. The molecule has 2 atom stereocenters. The highest BCUT2D eigenvalue weighted by Crippen LogP contribution is 2.23. The standard InChI is InChI=1S/C24H41O3P/c1-3-5-7-8-9-10-11-12-13-14-17-21-18-15-16-20-22(21)26-24(25)23(27-28)19-6-4-2/h15-16,18,20,23H,3-14,17,19,28H2,1-2H3. The smallest absolute Gasteiger partial charge is 0.340 e. The van der Waals surface area contributed by atoms with Gasteiger partial charge in [-0.05, 0) is 30.9 Å². The second-order valence-electron chi connectivity index (χ2n) is 7.73. The van der Waals surface area contributed by atoms with Gasteiger partial charge in [0.15, 0.2) is 6.10 Å². The minimum absolute atomic E-state index is 0.293. The van der Waals surface area contributed by atoms with Crippen LogP contribution in [0.1, 0.15) is 103 Å². The predicted molar refractivity (Wildman–Crippen MR) is 122 cm³/mol. The van der Waals surface area contributed by atoms with Crippen LogP contribution in [0.5, 0.6) is 5.75 Å². The third-order valence-electron chi connectivity index (χ3n) is 5.23. The lowest BCUT2D eigenvalue weighted by atomic mass is 10.0. The summed E-state index contributed by atoms with van der Waals surface area (Å²) >= 11 is 0. The van der Waals surface area contributed by atoms with Crippen molar-refractivity contribution in [2.75, 3.05) is 0 Å². The van der Waals surface area contributed by atoms with Crippen molar-refractivity contribution in [3.05, 3.63) is 29.8 Å². The molecule has 2 unspecified atom stereocenters. The van der Waals surface area contributed by atoms with E-state index in [0.717, 1.165) is 31.2 Å². The van der Waals surface area contributed by atoms with E-state index in [2.05, 4.69) is 29.4 Å². The van der Waals surface area contributed by atoms with Gasteiger partial charge in [0.25, 0.3) is 0 Å². The van der Waals surface area contributed by atoms with Gasteiger partial charge in [0, 0.05) is 9.47 Å². The van der Waals surface area contributed by atoms with E-state index in [4.69, 9.17) is 9.26 Å². The van der Waals surface area contributed by atoms with Crippen molar-refractivity contribution in [2.24, 2.45) is 0 Å². The van der Waals surface area contributed by atoms with Crippen LogP contribution >= 0.6 is 9.47 Å². The van der Waals surface area contributed by atoms with Crippen LogP contribution in [0, 0.1) is 0 Å². The maximum absolute atomic E-state index is 12.4. The minimum atomic E-state index is -0.504. The molecule has 0 amide bonds. The van der Waals surface area contributed by atoms with Gasteiger partial charge >= 0.3 is 5.97 Å². The lowest BCUT2D eigenvalue weighted by Crippen LogP contribution is -2.26. The predicted octanol–water partition coefficient (Wildman–Crippen LogP) is 7.42. The van der Waals surface area contributed by atoms with Crippen molar-refractivity contribution in [3.8, 4) is 5.75 Å². The average molecular weight is 409 g/mol. The first-order valence-electron chi connectivity index (χ1n) is 11.4. The second kappa shape index (κ2) is 17.0. The molecule has 160 valence electrons. The molecule has 1 rings (SSSR count). The Kier molecular flexibility index (Phi) is 15.2. The van der Waals surface area contributed by atoms with Gasteiger partial charge in [-0.1, -0.05) is 103 Å². The highest BCUT2D eigenvalue weighted by Gasteiger charge is 2.20. The molecular formula is C24H41O3P. The number of aryl methyl sites for hydroxylation is 1. The quantitative estimate of drug-likeness (QED) is 0.116. The average Bonchev–Trinajstić information content (AvgIpc) is 2.71. The van der Waals surface area contributed by atoms with Gasteiger partial charge in [0.05, 0.1) is 0 Å². The topological polar surface area (TPSA) is 35.5 Å². The van der Waals surface area contributed by atoms with E-state index in [1.165, 1.54) is 57.8 Å². The Bertz CT molecular complexity index is 518. The monoisotopic (exact) mass is 408 g/mol. The van der Waals surface area contributed by atoms with E-state index < -0.39 is 6.10 Å². The third kappa shape index (κ3) is 11.2. The van der Waals surface area contributed by atoms with Crippen LogP contribution in [0.2, 0.25) is 0 Å². The lowest BCUT2D eigenvalue weighted by Gasteiger charge is -2.15. The molecule has 1 aromatic rings. The Hall–Kier alpha value is -0.920. The van der Waals surface area contributed by atoms with Crippen LogP contribution in [0.15, 0.2) is 24.3 Å². The molecule has 0 N–H and O–H groups in total. The molecule has 0 saturated carbocycles. The number of carbonyl (C=O) groups excluding carboxylic acids is 1. The lowest BCUT2D eigenvalue weighted by molar-refractivity contribution is -0.142. The highest BCUT2D eigenvalue weighted by atomic mass is 31.0. The first kappa shape index (κ1) is 25.1. The molecule has 0 aliphatic heterocycles. The molecule has 1 aromatic carbocycles. The van der Waals surface area contributed by atoms with Gasteiger partial charge in [-0.25, -0.2) is 4.79 Å². The van der Waals surface area contributed by atoms with Crippen molar-refractivity contribution >= 4 is 15.4 Å². The van der Waals surface area contributed by atoms with Crippen molar-refractivity contribution in [1.82, 2.24) is 0 Å². The number of hydrogen-bond donors (Lipinski definition) is 0. The molecule has 4 heteroatoms. The van der Waals surface area contributed by atoms with Gasteiger partial charge in [-0.3, -0.25) is 0 Å². The normalized spacial score (nSPS) is 12.1. The summed E-state index contributed by atoms with van der Waals surface area (Å²) in [6, 6.07) is 7.90. The molecule has 0 heterocycles. The fraction of sp³-hybridized carbons (Fsp3) is 0.708. The maximum Gasteiger partial charge on any atom is 0.340 e. The first-order valence-corrected chi connectivity index (χ1v) is 11.8. The van der Waals surface area contributed by atoms with Gasteiger partial charge in [0.2, 0.25) is 0 Å². The summed E-state index contributed by atoms with van der Waals surface area (Å²) in [6.07, 6.45) is 16.4. The number of unbranched alkanes of at least 4 members (excludes halogenated alkanes) is 10. The van der Waals surface area contributed by atoms with Crippen molar-refractivity contribution < 1.29 is 14.1 Å². The molecule has 3 nitrogen and oxygen atoms in total. The van der Waals surface area contributed by atoms with Gasteiger partial charge in [-0.2, -0.15) is 0 Å². The Morgan fingerprint density at radius 3 is 2.04 bits per heavy atom. The van der Waals surface area contributed by atoms with Crippen LogP contribution in [-0.2, 0) is 15.7 Å². The van der Waals surface area contributed by atoms with Gasteiger partial charge < -0.3 is 9.26 Å². The van der Waals surface area contributed by atoms with Crippen LogP contribution in [0.25, 0.3) is 0 Å². The van der Waals surface area contributed by atoms with E-state index in [9.17, 15) is 4.79 Å². The fourth-order valence-electron chi connectivity index (χ4n) is 3.42. The van der Waals surface area contributed by atoms with E-state index in [-0.39, 0.29) is 5.97 Å². The van der Waals surface area contributed by atoms with E-state index in [1.807, 2.05) is 18.2 Å². The molecule has 0 radical (unpaired) electrons. The van der Waals surface area contributed by atoms with Gasteiger partial charge in [-0.15, -0.1) is 0 Å². The largest absolute Gasteiger partial charge is 0.424 e. The summed E-state index contributed by atoms with van der Waals surface area (Å²) in [5.74, 6) is 0.394. The number of benzene rings is 1. The van der Waals surface area contributed by atoms with E-state index >= 15 is 0 Å². The maximum atomic E-state index is 12.4. The Balaban J connectivity index is 2.30. The zero-order valence-electron chi connectivity index (χ0n) is 18.1. The van der Waals surface area contributed by atoms with E-state index in [0.29, 0.717) is 12.2 Å². The number of esters is 1. The summed E-state index contributed by atoms with van der Waals surface area (Å²) < 4.78 is 10.9. The number of ether oxygens (including phenoxy) is 1. The third-order valence-corrected chi connectivity index (χ3v) is 5.56. The van der Waals surface area contributed by atoms with Crippen molar-refractivity contribution in [1.29, 1.82) is 0 Å². The van der Waals surface area contributed by atoms with Crippen LogP contribution < -0.4 is 4.74 Å². The van der Waals surface area contributed by atoms with Crippen LogP contribution in [0.3, 0.4) is 0 Å².